The van der Waals surface area contributed by atoms with Crippen LogP contribution in [0.3, 0.4) is 0 Å². The molecule has 0 unspecified atom stereocenters. The maximum atomic E-state index is 14.0. The van der Waals surface area contributed by atoms with Gasteiger partial charge in [-0.25, -0.2) is 18.4 Å². The topological polar surface area (TPSA) is 95.5 Å². The van der Waals surface area contributed by atoms with Crippen molar-refractivity contribution in [3.63, 3.8) is 0 Å². The molecule has 5 aromatic rings. The molecule has 12 heteroatoms. The lowest BCUT2D eigenvalue weighted by molar-refractivity contribution is -0.116. The molecule has 190 valence electrons. The summed E-state index contributed by atoms with van der Waals surface area (Å²) in [6.07, 6.45) is 0.492. The van der Waals surface area contributed by atoms with Gasteiger partial charge in [0, 0.05) is 41.2 Å². The summed E-state index contributed by atoms with van der Waals surface area (Å²) < 4.78 is 32.6. The fourth-order valence-electron chi connectivity index (χ4n) is 4.21. The number of halogens is 3. The molecule has 0 saturated carbocycles. The number of hydrogen-bond donors (Lipinski definition) is 1. The van der Waals surface area contributed by atoms with Crippen LogP contribution in [0.15, 0.2) is 48.8 Å². The normalized spacial score (nSPS) is 11.5. The van der Waals surface area contributed by atoms with Gasteiger partial charge in [0.15, 0.2) is 11.5 Å². The lowest BCUT2D eigenvalue weighted by Gasteiger charge is -2.08. The number of hydrogen-bond acceptors (Lipinski definition) is 5. The third-order valence-corrected chi connectivity index (χ3v) is 6.33. The van der Waals surface area contributed by atoms with Gasteiger partial charge in [0.2, 0.25) is 5.91 Å². The number of carbonyl (C=O) groups is 1. The van der Waals surface area contributed by atoms with E-state index in [1.165, 1.54) is 10.7 Å². The molecule has 1 aromatic carbocycles. The number of nitrogens with one attached hydrogen (secondary N) is 1. The maximum Gasteiger partial charge on any atom is 0.264 e. The van der Waals surface area contributed by atoms with Crippen molar-refractivity contribution in [3.8, 4) is 11.3 Å². The van der Waals surface area contributed by atoms with Gasteiger partial charge in [-0.05, 0) is 31.5 Å². The molecule has 1 N–H and O–H groups in total. The van der Waals surface area contributed by atoms with Crippen molar-refractivity contribution in [2.45, 2.75) is 33.4 Å². The second kappa shape index (κ2) is 9.74. The quantitative estimate of drug-likeness (QED) is 0.326. The summed E-state index contributed by atoms with van der Waals surface area (Å²) in [7, 11) is 1.73. The van der Waals surface area contributed by atoms with Crippen LogP contribution in [0, 0.1) is 13.8 Å². The summed E-state index contributed by atoms with van der Waals surface area (Å²) in [4.78, 5) is 17.5. The van der Waals surface area contributed by atoms with Crippen molar-refractivity contribution >= 4 is 34.4 Å². The number of anilines is 1. The summed E-state index contributed by atoms with van der Waals surface area (Å²) >= 11 is 6.26. The van der Waals surface area contributed by atoms with Crippen LogP contribution in [-0.4, -0.2) is 40.2 Å². The third-order valence-electron chi connectivity index (χ3n) is 5.96. The van der Waals surface area contributed by atoms with Crippen molar-refractivity contribution in [1.82, 2.24) is 34.3 Å². The Kier molecular flexibility index (Phi) is 6.46. The molecule has 0 atom stereocenters. The summed E-state index contributed by atoms with van der Waals surface area (Å²) in [6.45, 7) is 3.71. The van der Waals surface area contributed by atoms with E-state index in [1.807, 2.05) is 31.2 Å². The maximum absolute atomic E-state index is 14.0. The zero-order chi connectivity index (χ0) is 26.3. The number of pyridine rings is 1. The monoisotopic (exact) mass is 524 g/mol. The van der Waals surface area contributed by atoms with E-state index in [2.05, 4.69) is 25.6 Å². The standard InChI is InChI=1S/C25H23ClF2N8O/c1-14-8-21(33-35(14)12-16-6-4-5-7-19(16)26)31-22(37)13-36-25-23(15(2)32-36)18(24(27)28)9-20(30-25)17-10-29-34(3)11-17/h4-11,24H,12-13H2,1-3H3,(H,31,33,37). The van der Waals surface area contributed by atoms with E-state index in [4.69, 9.17) is 11.6 Å². The summed E-state index contributed by atoms with van der Waals surface area (Å²) in [5.74, 6) is -0.0565. The number of alkyl halides is 2. The van der Waals surface area contributed by atoms with Crippen LogP contribution >= 0.6 is 11.6 Å². The number of fused-ring (bicyclic) bond motifs is 1. The van der Waals surface area contributed by atoms with Crippen molar-refractivity contribution < 1.29 is 13.6 Å². The molecular weight excluding hydrogens is 502 g/mol. The van der Waals surface area contributed by atoms with Gasteiger partial charge in [0.25, 0.3) is 6.43 Å². The zero-order valence-electron chi connectivity index (χ0n) is 20.3. The van der Waals surface area contributed by atoms with Crippen molar-refractivity contribution in [2.75, 3.05) is 5.32 Å². The zero-order valence-corrected chi connectivity index (χ0v) is 21.0. The van der Waals surface area contributed by atoms with E-state index in [-0.39, 0.29) is 23.1 Å². The minimum absolute atomic E-state index is 0.193. The molecule has 5 rings (SSSR count). The average Bonchev–Trinajstić information content (AvgIpc) is 3.52. The molecule has 0 aliphatic rings. The number of carbonyl (C=O) groups excluding carboxylic acids is 1. The van der Waals surface area contributed by atoms with Crippen LogP contribution in [-0.2, 0) is 24.9 Å². The summed E-state index contributed by atoms with van der Waals surface area (Å²) in [6, 6.07) is 10.6. The van der Waals surface area contributed by atoms with Gasteiger partial charge in [-0.3, -0.25) is 14.2 Å². The summed E-state index contributed by atoms with van der Waals surface area (Å²) in [5, 5.41) is 16.5. The molecule has 0 fully saturated rings. The highest BCUT2D eigenvalue weighted by atomic mass is 35.5. The van der Waals surface area contributed by atoms with E-state index in [1.54, 1.807) is 41.8 Å². The van der Waals surface area contributed by atoms with Gasteiger partial charge < -0.3 is 5.32 Å². The molecule has 4 heterocycles. The molecule has 9 nitrogen and oxygen atoms in total. The molecule has 37 heavy (non-hydrogen) atoms. The highest BCUT2D eigenvalue weighted by Gasteiger charge is 2.22. The van der Waals surface area contributed by atoms with E-state index in [0.29, 0.717) is 34.3 Å². The number of aromatic nitrogens is 7. The van der Waals surface area contributed by atoms with Crippen LogP contribution < -0.4 is 5.32 Å². The Morgan fingerprint density at radius 1 is 1.14 bits per heavy atom. The van der Waals surface area contributed by atoms with Gasteiger partial charge in [0.05, 0.1) is 29.5 Å². The molecule has 0 aliphatic carbocycles. The van der Waals surface area contributed by atoms with Gasteiger partial charge in [-0.1, -0.05) is 29.8 Å². The molecule has 0 bridgehead atoms. The SMILES string of the molecule is Cc1nn(CC(=O)Nc2cc(C)n(Cc3ccccc3Cl)n2)c2nc(-c3cnn(C)c3)cc(C(F)F)c12. The van der Waals surface area contributed by atoms with E-state index >= 15 is 0 Å². The van der Waals surface area contributed by atoms with Crippen LogP contribution in [0.2, 0.25) is 5.02 Å². The van der Waals surface area contributed by atoms with Crippen molar-refractivity contribution in [3.05, 3.63) is 76.3 Å². The molecule has 4 aromatic heterocycles. The molecule has 0 aliphatic heterocycles. The second-order valence-electron chi connectivity index (χ2n) is 8.71. The van der Waals surface area contributed by atoms with Gasteiger partial charge >= 0.3 is 0 Å². The minimum atomic E-state index is -2.74. The Labute approximate surface area is 215 Å². The largest absolute Gasteiger partial charge is 0.308 e. The lowest BCUT2D eigenvalue weighted by atomic mass is 10.1. The first-order valence-corrected chi connectivity index (χ1v) is 11.8. The smallest absolute Gasteiger partial charge is 0.264 e. The van der Waals surface area contributed by atoms with E-state index < -0.39 is 12.3 Å². The average molecular weight is 525 g/mol. The highest BCUT2D eigenvalue weighted by Crippen LogP contribution is 2.33. The Morgan fingerprint density at radius 3 is 2.62 bits per heavy atom. The molecule has 1 amide bonds. The Hall–Kier alpha value is -4.12. The molecule has 0 radical (unpaired) electrons. The van der Waals surface area contributed by atoms with E-state index in [9.17, 15) is 13.6 Å². The van der Waals surface area contributed by atoms with Crippen LogP contribution in [0.4, 0.5) is 14.6 Å². The van der Waals surface area contributed by atoms with Crippen LogP contribution in [0.5, 0.6) is 0 Å². The first-order chi connectivity index (χ1) is 17.7. The third kappa shape index (κ3) is 4.94. The number of rotatable bonds is 7. The van der Waals surface area contributed by atoms with Crippen molar-refractivity contribution in [2.24, 2.45) is 7.05 Å². The first-order valence-electron chi connectivity index (χ1n) is 11.4. The predicted molar refractivity (Wildman–Crippen MR) is 136 cm³/mol. The van der Waals surface area contributed by atoms with E-state index in [0.717, 1.165) is 11.3 Å². The number of benzene rings is 1. The Bertz CT molecular complexity index is 1620. The first kappa shape index (κ1) is 24.6. The summed E-state index contributed by atoms with van der Waals surface area (Å²) in [5.41, 5.74) is 3.01. The van der Waals surface area contributed by atoms with Crippen molar-refractivity contribution in [1.29, 1.82) is 0 Å². The van der Waals surface area contributed by atoms with Gasteiger partial charge in [0.1, 0.15) is 6.54 Å². The number of nitrogens with zero attached hydrogens (tertiary/aromatic N) is 7. The van der Waals surface area contributed by atoms with Crippen LogP contribution in [0.1, 0.15) is 28.9 Å². The minimum Gasteiger partial charge on any atom is -0.308 e. The molecule has 0 spiro atoms. The Morgan fingerprint density at radius 2 is 1.92 bits per heavy atom. The number of amides is 1. The van der Waals surface area contributed by atoms with Crippen LogP contribution in [0.25, 0.3) is 22.3 Å². The Balaban J connectivity index is 1.41. The van der Waals surface area contributed by atoms with Gasteiger partial charge in [-0.15, -0.1) is 0 Å². The fourth-order valence-corrected chi connectivity index (χ4v) is 4.40. The predicted octanol–water partition coefficient (Wildman–Crippen LogP) is 4.92. The number of aryl methyl sites for hydroxylation is 3. The highest BCUT2D eigenvalue weighted by molar-refractivity contribution is 6.31. The lowest BCUT2D eigenvalue weighted by Crippen LogP contribution is -2.20. The molecule has 0 saturated heterocycles. The fraction of sp³-hybridized carbons (Fsp3) is 0.240. The van der Waals surface area contributed by atoms with Gasteiger partial charge in [-0.2, -0.15) is 15.3 Å². The molecular formula is C25H23ClF2N8O. The second-order valence-corrected chi connectivity index (χ2v) is 9.12.